The van der Waals surface area contributed by atoms with E-state index in [0.717, 1.165) is 5.25 Å². The summed E-state index contributed by atoms with van der Waals surface area (Å²) in [5, 5.41) is 13.6. The number of rotatable bonds is 4. The lowest BCUT2D eigenvalue weighted by Gasteiger charge is -2.25. The van der Waals surface area contributed by atoms with Crippen LogP contribution in [0.15, 0.2) is 0 Å². The summed E-state index contributed by atoms with van der Waals surface area (Å²) in [5.41, 5.74) is 0. The number of aliphatic hydroxyl groups is 1. The molecular formula is C10H21NOS. The highest BCUT2D eigenvalue weighted by Crippen LogP contribution is 2.28. The van der Waals surface area contributed by atoms with Crippen molar-refractivity contribution in [3.63, 3.8) is 0 Å². The van der Waals surface area contributed by atoms with E-state index in [-0.39, 0.29) is 12.1 Å². The lowest BCUT2D eigenvalue weighted by Crippen LogP contribution is -2.44. The van der Waals surface area contributed by atoms with Crippen LogP contribution < -0.4 is 5.32 Å². The van der Waals surface area contributed by atoms with Crippen molar-refractivity contribution in [2.45, 2.75) is 56.5 Å². The van der Waals surface area contributed by atoms with Crippen LogP contribution in [0.1, 0.15) is 33.1 Å². The molecule has 2 N–H and O–H groups in total. The highest BCUT2D eigenvalue weighted by molar-refractivity contribution is 7.99. The molecular weight excluding hydrogens is 182 g/mol. The Morgan fingerprint density at radius 2 is 2.08 bits per heavy atom. The Morgan fingerprint density at radius 1 is 1.38 bits per heavy atom. The van der Waals surface area contributed by atoms with E-state index >= 15 is 0 Å². The van der Waals surface area contributed by atoms with Crippen LogP contribution in [-0.2, 0) is 0 Å². The van der Waals surface area contributed by atoms with Gasteiger partial charge in [0.25, 0.3) is 0 Å². The first-order chi connectivity index (χ1) is 6.15. The zero-order valence-corrected chi connectivity index (χ0v) is 9.60. The normalized spacial score (nSPS) is 33.2. The first kappa shape index (κ1) is 11.3. The van der Waals surface area contributed by atoms with E-state index in [1.54, 1.807) is 0 Å². The Balaban J connectivity index is 2.34. The van der Waals surface area contributed by atoms with E-state index < -0.39 is 0 Å². The predicted octanol–water partition coefficient (Wildman–Crippen LogP) is 1.63. The molecule has 0 aromatic rings. The number of hydrogen-bond donors (Lipinski definition) is 2. The quantitative estimate of drug-likeness (QED) is 0.728. The van der Waals surface area contributed by atoms with E-state index in [0.29, 0.717) is 6.04 Å². The van der Waals surface area contributed by atoms with Gasteiger partial charge < -0.3 is 10.4 Å². The molecule has 4 unspecified atom stereocenters. The Morgan fingerprint density at radius 3 is 2.62 bits per heavy atom. The summed E-state index contributed by atoms with van der Waals surface area (Å²) in [6.07, 6.45) is 5.85. The number of nitrogens with one attached hydrogen (secondary N) is 1. The van der Waals surface area contributed by atoms with Crippen molar-refractivity contribution in [3.8, 4) is 0 Å². The molecule has 13 heavy (non-hydrogen) atoms. The van der Waals surface area contributed by atoms with Gasteiger partial charge in [0, 0.05) is 17.3 Å². The second-order valence-corrected chi connectivity index (χ2v) is 5.08. The van der Waals surface area contributed by atoms with E-state index in [4.69, 9.17) is 0 Å². The van der Waals surface area contributed by atoms with Crippen molar-refractivity contribution in [2.24, 2.45) is 0 Å². The summed E-state index contributed by atoms with van der Waals surface area (Å²) in [7, 11) is 0. The highest BCUT2D eigenvalue weighted by Gasteiger charge is 2.27. The highest BCUT2D eigenvalue weighted by atomic mass is 32.2. The molecule has 1 fully saturated rings. The third-order valence-corrected chi connectivity index (χ3v) is 4.13. The summed E-state index contributed by atoms with van der Waals surface area (Å²) in [4.78, 5) is 0. The van der Waals surface area contributed by atoms with Gasteiger partial charge in [-0.3, -0.25) is 0 Å². The Labute approximate surface area is 85.5 Å². The van der Waals surface area contributed by atoms with E-state index in [1.807, 2.05) is 18.7 Å². The maximum Gasteiger partial charge on any atom is 0.0662 e. The van der Waals surface area contributed by atoms with Crippen molar-refractivity contribution in [1.82, 2.24) is 5.32 Å². The van der Waals surface area contributed by atoms with Crippen molar-refractivity contribution in [3.05, 3.63) is 0 Å². The van der Waals surface area contributed by atoms with Crippen LogP contribution in [0.5, 0.6) is 0 Å². The molecule has 2 nitrogen and oxygen atoms in total. The van der Waals surface area contributed by atoms with E-state index in [9.17, 15) is 5.11 Å². The maximum absolute atomic E-state index is 9.37. The molecule has 0 bridgehead atoms. The summed E-state index contributed by atoms with van der Waals surface area (Å²) in [6.45, 7) is 3.90. The third kappa shape index (κ3) is 3.15. The van der Waals surface area contributed by atoms with Gasteiger partial charge in [-0.15, -0.1) is 0 Å². The minimum absolute atomic E-state index is 0.220. The van der Waals surface area contributed by atoms with Gasteiger partial charge in [0.15, 0.2) is 0 Å². The molecule has 1 aliphatic rings. The summed E-state index contributed by atoms with van der Waals surface area (Å²) >= 11 is 1.95. The van der Waals surface area contributed by atoms with Crippen LogP contribution in [0.2, 0.25) is 0 Å². The standard InChI is InChI=1S/C10H21NOS/c1-7(8(2)12)11-9-5-4-6-10(9)13-3/h7-12H,4-6H2,1-3H3. The van der Waals surface area contributed by atoms with Crippen molar-refractivity contribution in [2.75, 3.05) is 6.26 Å². The van der Waals surface area contributed by atoms with Crippen molar-refractivity contribution in [1.29, 1.82) is 0 Å². The predicted molar refractivity (Wildman–Crippen MR) is 59.2 cm³/mol. The molecule has 0 spiro atoms. The first-order valence-corrected chi connectivity index (χ1v) is 6.41. The third-order valence-electron chi connectivity index (χ3n) is 2.96. The number of hydrogen-bond acceptors (Lipinski definition) is 3. The molecule has 0 radical (unpaired) electrons. The molecule has 0 amide bonds. The van der Waals surface area contributed by atoms with Gasteiger partial charge in [0.2, 0.25) is 0 Å². The van der Waals surface area contributed by atoms with Crippen LogP contribution in [-0.4, -0.2) is 34.8 Å². The van der Waals surface area contributed by atoms with Crippen LogP contribution >= 0.6 is 11.8 Å². The SMILES string of the molecule is CSC1CCCC1NC(C)C(C)O. The van der Waals surface area contributed by atoms with Gasteiger partial charge in [-0.25, -0.2) is 0 Å². The minimum atomic E-state index is -0.247. The van der Waals surface area contributed by atoms with Crippen LogP contribution in [0, 0.1) is 0 Å². The minimum Gasteiger partial charge on any atom is -0.392 e. The van der Waals surface area contributed by atoms with Gasteiger partial charge in [-0.2, -0.15) is 11.8 Å². The molecule has 1 rings (SSSR count). The Kier molecular flexibility index (Phi) is 4.56. The Hall–Kier alpha value is 0.270. The fourth-order valence-corrected chi connectivity index (χ4v) is 2.82. The monoisotopic (exact) mass is 203 g/mol. The van der Waals surface area contributed by atoms with Gasteiger partial charge >= 0.3 is 0 Å². The van der Waals surface area contributed by atoms with Crippen LogP contribution in [0.25, 0.3) is 0 Å². The first-order valence-electron chi connectivity index (χ1n) is 5.12. The van der Waals surface area contributed by atoms with Gasteiger partial charge in [-0.1, -0.05) is 6.42 Å². The van der Waals surface area contributed by atoms with Gasteiger partial charge in [0.05, 0.1) is 6.10 Å². The fourth-order valence-electron chi connectivity index (χ4n) is 1.88. The summed E-state index contributed by atoms with van der Waals surface area (Å²) < 4.78 is 0. The molecule has 0 aromatic carbocycles. The number of aliphatic hydroxyl groups excluding tert-OH is 1. The van der Waals surface area contributed by atoms with E-state index in [2.05, 4.69) is 18.5 Å². The summed E-state index contributed by atoms with van der Waals surface area (Å²) in [5.74, 6) is 0. The maximum atomic E-state index is 9.37. The number of thioether (sulfide) groups is 1. The van der Waals surface area contributed by atoms with Crippen LogP contribution in [0.3, 0.4) is 0 Å². The molecule has 4 atom stereocenters. The van der Waals surface area contributed by atoms with E-state index in [1.165, 1.54) is 19.3 Å². The molecule has 1 saturated carbocycles. The molecule has 0 heterocycles. The molecule has 0 saturated heterocycles. The van der Waals surface area contributed by atoms with Crippen LogP contribution in [0.4, 0.5) is 0 Å². The molecule has 3 heteroatoms. The zero-order valence-electron chi connectivity index (χ0n) is 8.79. The van der Waals surface area contributed by atoms with Gasteiger partial charge in [0.1, 0.15) is 0 Å². The largest absolute Gasteiger partial charge is 0.392 e. The lowest BCUT2D eigenvalue weighted by molar-refractivity contribution is 0.146. The van der Waals surface area contributed by atoms with Crippen molar-refractivity contribution < 1.29 is 5.11 Å². The average Bonchev–Trinajstić information content (AvgIpc) is 2.51. The average molecular weight is 203 g/mol. The lowest BCUT2D eigenvalue weighted by atomic mass is 10.1. The second kappa shape index (κ2) is 5.23. The molecule has 1 aliphatic carbocycles. The Bertz CT molecular complexity index is 152. The van der Waals surface area contributed by atoms with Gasteiger partial charge in [-0.05, 0) is 32.9 Å². The molecule has 0 aromatic heterocycles. The fraction of sp³-hybridized carbons (Fsp3) is 1.00. The zero-order chi connectivity index (χ0) is 9.84. The molecule has 78 valence electrons. The topological polar surface area (TPSA) is 32.3 Å². The van der Waals surface area contributed by atoms with Crippen molar-refractivity contribution >= 4 is 11.8 Å². The summed E-state index contributed by atoms with van der Waals surface area (Å²) in [6, 6.07) is 0.831. The smallest absolute Gasteiger partial charge is 0.0662 e. The second-order valence-electron chi connectivity index (χ2n) is 4.01. The molecule has 0 aliphatic heterocycles.